The van der Waals surface area contributed by atoms with Crippen LogP contribution in [0.1, 0.15) is 12.0 Å². The molecule has 0 amide bonds. The summed E-state index contributed by atoms with van der Waals surface area (Å²) >= 11 is 11.4. The molecule has 0 radical (unpaired) electrons. The lowest BCUT2D eigenvalue weighted by molar-refractivity contribution is 0.605. The van der Waals surface area contributed by atoms with Gasteiger partial charge in [-0.2, -0.15) is 0 Å². The third kappa shape index (κ3) is 2.83. The molecule has 13 heavy (non-hydrogen) atoms. The SMILES string of the molecule is NCCCc1c(F)cc(Cl)cc1Cl. The highest BCUT2D eigenvalue weighted by atomic mass is 35.5. The van der Waals surface area contributed by atoms with Gasteiger partial charge in [-0.1, -0.05) is 23.2 Å². The van der Waals surface area contributed by atoms with E-state index in [-0.39, 0.29) is 5.82 Å². The van der Waals surface area contributed by atoms with Gasteiger partial charge in [0.1, 0.15) is 5.82 Å². The van der Waals surface area contributed by atoms with E-state index in [1.807, 2.05) is 0 Å². The second-order valence-electron chi connectivity index (χ2n) is 2.74. The largest absolute Gasteiger partial charge is 0.330 e. The van der Waals surface area contributed by atoms with E-state index in [4.69, 9.17) is 28.9 Å². The van der Waals surface area contributed by atoms with Crippen molar-refractivity contribution in [2.75, 3.05) is 6.54 Å². The summed E-state index contributed by atoms with van der Waals surface area (Å²) in [6, 6.07) is 2.80. The Kier molecular flexibility index (Phi) is 3.97. The number of hydrogen-bond acceptors (Lipinski definition) is 1. The van der Waals surface area contributed by atoms with Crippen LogP contribution in [-0.2, 0) is 6.42 Å². The Hall–Kier alpha value is -0.310. The Morgan fingerprint density at radius 3 is 2.54 bits per heavy atom. The van der Waals surface area contributed by atoms with E-state index in [0.29, 0.717) is 28.6 Å². The van der Waals surface area contributed by atoms with Gasteiger partial charge in [-0.3, -0.25) is 0 Å². The summed E-state index contributed by atoms with van der Waals surface area (Å²) in [5, 5.41) is 0.692. The maximum Gasteiger partial charge on any atom is 0.129 e. The molecule has 0 spiro atoms. The lowest BCUT2D eigenvalue weighted by atomic mass is 10.1. The van der Waals surface area contributed by atoms with E-state index in [1.54, 1.807) is 0 Å². The van der Waals surface area contributed by atoms with Gasteiger partial charge in [-0.05, 0) is 31.5 Å². The Morgan fingerprint density at radius 2 is 2.00 bits per heavy atom. The molecule has 4 heteroatoms. The van der Waals surface area contributed by atoms with Crippen LogP contribution >= 0.6 is 23.2 Å². The molecule has 1 aromatic rings. The lowest BCUT2D eigenvalue weighted by Gasteiger charge is -2.05. The number of rotatable bonds is 3. The first kappa shape index (κ1) is 10.8. The van der Waals surface area contributed by atoms with Gasteiger partial charge < -0.3 is 5.73 Å². The molecule has 0 aliphatic heterocycles. The summed E-state index contributed by atoms with van der Waals surface area (Å²) in [5.41, 5.74) is 5.81. The number of halogens is 3. The monoisotopic (exact) mass is 221 g/mol. The van der Waals surface area contributed by atoms with Crippen molar-refractivity contribution in [3.05, 3.63) is 33.6 Å². The van der Waals surface area contributed by atoms with Crippen LogP contribution in [0, 0.1) is 5.82 Å². The Morgan fingerprint density at radius 1 is 1.31 bits per heavy atom. The molecule has 0 aliphatic carbocycles. The first-order valence-corrected chi connectivity index (χ1v) is 4.74. The normalized spacial score (nSPS) is 10.5. The number of benzene rings is 1. The molecule has 0 atom stereocenters. The molecule has 0 saturated carbocycles. The summed E-state index contributed by atoms with van der Waals surface area (Å²) in [4.78, 5) is 0. The third-order valence-electron chi connectivity index (χ3n) is 1.74. The third-order valence-corrected chi connectivity index (χ3v) is 2.29. The fourth-order valence-electron chi connectivity index (χ4n) is 1.09. The van der Waals surface area contributed by atoms with Crippen LogP contribution in [0.5, 0.6) is 0 Å². The first-order chi connectivity index (χ1) is 6.15. The summed E-state index contributed by atoms with van der Waals surface area (Å²) < 4.78 is 13.2. The summed E-state index contributed by atoms with van der Waals surface area (Å²) in [7, 11) is 0. The standard InChI is InChI=1S/C9H10Cl2FN/c10-6-4-8(11)7(2-1-3-13)9(12)5-6/h4-5H,1-3,13H2. The maximum absolute atomic E-state index is 13.2. The van der Waals surface area contributed by atoms with Crippen LogP contribution in [0.4, 0.5) is 4.39 Å². The average molecular weight is 222 g/mol. The first-order valence-electron chi connectivity index (χ1n) is 3.98. The molecule has 1 rings (SSSR count). The zero-order valence-electron chi connectivity index (χ0n) is 6.99. The molecule has 0 fully saturated rings. The van der Waals surface area contributed by atoms with Crippen molar-refractivity contribution in [1.29, 1.82) is 0 Å². The molecular formula is C9H10Cl2FN. The van der Waals surface area contributed by atoms with E-state index >= 15 is 0 Å². The van der Waals surface area contributed by atoms with Gasteiger partial charge in [-0.25, -0.2) is 4.39 Å². The summed E-state index contributed by atoms with van der Waals surface area (Å²) in [6.45, 7) is 0.526. The van der Waals surface area contributed by atoms with Gasteiger partial charge in [0, 0.05) is 15.6 Å². The molecule has 1 nitrogen and oxygen atoms in total. The minimum atomic E-state index is -0.356. The van der Waals surface area contributed by atoms with Gasteiger partial charge in [0.05, 0.1) is 0 Å². The molecule has 1 aromatic carbocycles. The summed E-state index contributed by atoms with van der Waals surface area (Å²) in [5.74, 6) is -0.356. The Balaban J connectivity index is 2.92. The molecule has 2 N–H and O–H groups in total. The quantitative estimate of drug-likeness (QED) is 0.835. The van der Waals surface area contributed by atoms with Crippen LogP contribution in [0.2, 0.25) is 10.0 Å². The van der Waals surface area contributed by atoms with Crippen LogP contribution in [0.15, 0.2) is 12.1 Å². The molecule has 0 aromatic heterocycles. The smallest absolute Gasteiger partial charge is 0.129 e. The lowest BCUT2D eigenvalue weighted by Crippen LogP contribution is -2.02. The summed E-state index contributed by atoms with van der Waals surface area (Å²) in [6.07, 6.45) is 1.27. The highest BCUT2D eigenvalue weighted by molar-refractivity contribution is 6.35. The van der Waals surface area contributed by atoms with Crippen molar-refractivity contribution < 1.29 is 4.39 Å². The molecular weight excluding hydrogens is 212 g/mol. The van der Waals surface area contributed by atoms with Crippen molar-refractivity contribution in [1.82, 2.24) is 0 Å². The van der Waals surface area contributed by atoms with Gasteiger partial charge in [0.15, 0.2) is 0 Å². The van der Waals surface area contributed by atoms with E-state index in [2.05, 4.69) is 0 Å². The zero-order valence-corrected chi connectivity index (χ0v) is 8.50. The molecule has 0 aliphatic rings. The van der Waals surface area contributed by atoms with Crippen molar-refractivity contribution in [2.45, 2.75) is 12.8 Å². The van der Waals surface area contributed by atoms with Crippen LogP contribution < -0.4 is 5.73 Å². The van der Waals surface area contributed by atoms with E-state index in [9.17, 15) is 4.39 Å². The van der Waals surface area contributed by atoms with Gasteiger partial charge >= 0.3 is 0 Å². The number of hydrogen-bond donors (Lipinski definition) is 1. The van der Waals surface area contributed by atoms with Crippen molar-refractivity contribution >= 4 is 23.2 Å². The van der Waals surface area contributed by atoms with Crippen molar-refractivity contribution in [3.63, 3.8) is 0 Å². The topological polar surface area (TPSA) is 26.0 Å². The Labute approximate surface area is 86.6 Å². The van der Waals surface area contributed by atoms with Crippen LogP contribution in [0.3, 0.4) is 0 Å². The maximum atomic E-state index is 13.2. The van der Waals surface area contributed by atoms with Crippen LogP contribution in [0.25, 0.3) is 0 Å². The van der Waals surface area contributed by atoms with Gasteiger partial charge in [0.2, 0.25) is 0 Å². The second kappa shape index (κ2) is 4.80. The van der Waals surface area contributed by atoms with Crippen LogP contribution in [-0.4, -0.2) is 6.54 Å². The highest BCUT2D eigenvalue weighted by Crippen LogP contribution is 2.25. The van der Waals surface area contributed by atoms with E-state index in [1.165, 1.54) is 12.1 Å². The number of nitrogens with two attached hydrogens (primary N) is 1. The second-order valence-corrected chi connectivity index (χ2v) is 3.58. The Bertz CT molecular complexity index is 279. The van der Waals surface area contributed by atoms with Gasteiger partial charge in [0.25, 0.3) is 0 Å². The fourth-order valence-corrected chi connectivity index (χ4v) is 1.65. The minimum absolute atomic E-state index is 0.319. The van der Waals surface area contributed by atoms with Crippen molar-refractivity contribution in [2.24, 2.45) is 5.73 Å². The zero-order chi connectivity index (χ0) is 9.84. The molecule has 0 saturated heterocycles. The van der Waals surface area contributed by atoms with Crippen molar-refractivity contribution in [3.8, 4) is 0 Å². The molecule has 0 heterocycles. The predicted molar refractivity (Wildman–Crippen MR) is 53.8 cm³/mol. The molecule has 0 bridgehead atoms. The molecule has 72 valence electrons. The van der Waals surface area contributed by atoms with E-state index in [0.717, 1.165) is 6.42 Å². The van der Waals surface area contributed by atoms with E-state index < -0.39 is 0 Å². The highest BCUT2D eigenvalue weighted by Gasteiger charge is 2.07. The fraction of sp³-hybridized carbons (Fsp3) is 0.333. The minimum Gasteiger partial charge on any atom is -0.330 e. The van der Waals surface area contributed by atoms with Gasteiger partial charge in [-0.15, -0.1) is 0 Å². The molecule has 0 unspecified atom stereocenters. The predicted octanol–water partition coefficient (Wildman–Crippen LogP) is 3.02. The average Bonchev–Trinajstić information content (AvgIpc) is 2.02.